The first-order chi connectivity index (χ1) is 6.38. The standard InChI is InChI=1S/C10H12ClN2/c11-10(13-7-3-4-8-13)9-5-1-2-6-12-9/h1-2,5-6H,3-4,7-8H2/q+1. The molecule has 1 aromatic rings. The molecule has 0 unspecified atom stereocenters. The number of hydrogen-bond donors (Lipinski definition) is 0. The average molecular weight is 196 g/mol. The Hall–Kier alpha value is -0.890. The molecule has 1 saturated heterocycles. The zero-order valence-electron chi connectivity index (χ0n) is 7.41. The van der Waals surface area contributed by atoms with E-state index in [1.165, 1.54) is 12.8 Å². The first kappa shape index (κ1) is 8.70. The molecule has 3 heteroatoms. The van der Waals surface area contributed by atoms with Crippen LogP contribution in [0.2, 0.25) is 0 Å². The topological polar surface area (TPSA) is 15.9 Å². The molecule has 68 valence electrons. The fourth-order valence-electron chi connectivity index (χ4n) is 1.56. The van der Waals surface area contributed by atoms with Gasteiger partial charge in [0.25, 0.3) is 5.17 Å². The summed E-state index contributed by atoms with van der Waals surface area (Å²) >= 11 is 6.19. The van der Waals surface area contributed by atoms with Crippen LogP contribution in [0.25, 0.3) is 0 Å². The van der Waals surface area contributed by atoms with E-state index >= 15 is 0 Å². The van der Waals surface area contributed by atoms with Gasteiger partial charge in [0.2, 0.25) is 0 Å². The number of aromatic nitrogens is 1. The second kappa shape index (κ2) is 3.88. The molecule has 0 saturated carbocycles. The fourth-order valence-corrected chi connectivity index (χ4v) is 1.84. The smallest absolute Gasteiger partial charge is 0.249 e. The van der Waals surface area contributed by atoms with Gasteiger partial charge in [-0.3, -0.25) is 0 Å². The summed E-state index contributed by atoms with van der Waals surface area (Å²) in [6.07, 6.45) is 4.25. The highest BCUT2D eigenvalue weighted by Gasteiger charge is 2.19. The Balaban J connectivity index is 2.30. The van der Waals surface area contributed by atoms with Crippen LogP contribution in [0, 0.1) is 0 Å². The summed E-state index contributed by atoms with van der Waals surface area (Å²) in [5.41, 5.74) is 0.881. The van der Waals surface area contributed by atoms with Crippen LogP contribution in [0.3, 0.4) is 0 Å². The summed E-state index contributed by atoms with van der Waals surface area (Å²) in [6.45, 7) is 2.13. The predicted octanol–water partition coefficient (Wildman–Crippen LogP) is 1.87. The van der Waals surface area contributed by atoms with Gasteiger partial charge in [-0.25, -0.2) is 9.56 Å². The molecule has 0 N–H and O–H groups in total. The first-order valence-electron chi connectivity index (χ1n) is 4.57. The maximum atomic E-state index is 6.19. The minimum atomic E-state index is 0.790. The average Bonchev–Trinajstić information content (AvgIpc) is 2.71. The highest BCUT2D eigenvalue weighted by molar-refractivity contribution is 6.67. The van der Waals surface area contributed by atoms with Crippen molar-refractivity contribution in [2.45, 2.75) is 12.8 Å². The third-order valence-corrected chi connectivity index (χ3v) is 2.69. The molecule has 0 radical (unpaired) electrons. The molecule has 1 aromatic heterocycles. The number of halogens is 1. The Morgan fingerprint density at radius 2 is 2.08 bits per heavy atom. The van der Waals surface area contributed by atoms with Gasteiger partial charge < -0.3 is 0 Å². The van der Waals surface area contributed by atoms with Crippen LogP contribution < -0.4 is 0 Å². The summed E-state index contributed by atoms with van der Waals surface area (Å²) in [4.78, 5) is 4.21. The van der Waals surface area contributed by atoms with Gasteiger partial charge in [0.15, 0.2) is 0 Å². The van der Waals surface area contributed by atoms with Crippen molar-refractivity contribution in [3.63, 3.8) is 0 Å². The van der Waals surface area contributed by atoms with E-state index in [2.05, 4.69) is 9.56 Å². The van der Waals surface area contributed by atoms with E-state index in [9.17, 15) is 0 Å². The molecular weight excluding hydrogens is 184 g/mol. The van der Waals surface area contributed by atoms with Crippen molar-refractivity contribution in [3.05, 3.63) is 30.1 Å². The maximum absolute atomic E-state index is 6.19. The van der Waals surface area contributed by atoms with E-state index in [1.54, 1.807) is 6.20 Å². The molecule has 1 fully saturated rings. The van der Waals surface area contributed by atoms with Crippen LogP contribution in [0.15, 0.2) is 24.4 Å². The third-order valence-electron chi connectivity index (χ3n) is 2.26. The second-order valence-corrected chi connectivity index (χ2v) is 3.56. The largest absolute Gasteiger partial charge is 0.295 e. The zero-order chi connectivity index (χ0) is 9.10. The molecule has 0 spiro atoms. The van der Waals surface area contributed by atoms with Gasteiger partial charge in [0.1, 0.15) is 18.8 Å². The Kier molecular flexibility index (Phi) is 2.60. The fraction of sp³-hybridized carbons (Fsp3) is 0.400. The lowest BCUT2D eigenvalue weighted by Crippen LogP contribution is -2.15. The van der Waals surface area contributed by atoms with E-state index < -0.39 is 0 Å². The summed E-state index contributed by atoms with van der Waals surface area (Å²) in [5.74, 6) is 0. The lowest BCUT2D eigenvalue weighted by molar-refractivity contribution is -0.503. The minimum Gasteiger partial charge on any atom is -0.249 e. The molecule has 1 aliphatic heterocycles. The Morgan fingerprint density at radius 3 is 2.69 bits per heavy atom. The summed E-state index contributed by atoms with van der Waals surface area (Å²) < 4.78 is 2.18. The normalized spacial score (nSPS) is 16.2. The number of pyridine rings is 1. The Bertz CT molecular complexity index is 311. The number of nitrogens with zero attached hydrogens (tertiary/aromatic N) is 2. The SMILES string of the molecule is ClC(c1ccccn1)=[N+]1CCCC1. The minimum absolute atomic E-state index is 0.790. The molecule has 0 bridgehead atoms. The van der Waals surface area contributed by atoms with Gasteiger partial charge in [-0.1, -0.05) is 6.07 Å². The summed E-state index contributed by atoms with van der Waals surface area (Å²) in [6, 6.07) is 5.80. The quantitative estimate of drug-likeness (QED) is 0.625. The molecule has 0 aromatic carbocycles. The van der Waals surface area contributed by atoms with Crippen molar-refractivity contribution in [2.24, 2.45) is 0 Å². The van der Waals surface area contributed by atoms with E-state index in [4.69, 9.17) is 11.6 Å². The maximum Gasteiger partial charge on any atom is 0.295 e. The molecular formula is C10H12ClN2+. The molecule has 0 aliphatic carbocycles. The summed E-state index contributed by atoms with van der Waals surface area (Å²) in [5, 5.41) is 0.790. The molecule has 2 heterocycles. The van der Waals surface area contributed by atoms with E-state index in [-0.39, 0.29) is 0 Å². The molecule has 0 atom stereocenters. The lowest BCUT2D eigenvalue weighted by Gasteiger charge is -1.96. The van der Waals surface area contributed by atoms with Crippen molar-refractivity contribution in [1.82, 2.24) is 4.98 Å². The van der Waals surface area contributed by atoms with Crippen molar-refractivity contribution in [3.8, 4) is 0 Å². The van der Waals surface area contributed by atoms with E-state index in [0.29, 0.717) is 0 Å². The van der Waals surface area contributed by atoms with Crippen LogP contribution in [0.5, 0.6) is 0 Å². The number of hydrogen-bond acceptors (Lipinski definition) is 1. The van der Waals surface area contributed by atoms with Crippen molar-refractivity contribution in [1.29, 1.82) is 0 Å². The van der Waals surface area contributed by atoms with Gasteiger partial charge in [-0.2, -0.15) is 0 Å². The van der Waals surface area contributed by atoms with Gasteiger partial charge >= 0.3 is 0 Å². The van der Waals surface area contributed by atoms with Crippen LogP contribution in [-0.4, -0.2) is 27.8 Å². The van der Waals surface area contributed by atoms with Crippen molar-refractivity contribution < 1.29 is 4.58 Å². The Labute approximate surface area is 82.9 Å². The summed E-state index contributed by atoms with van der Waals surface area (Å²) in [7, 11) is 0. The molecule has 2 nitrogen and oxygen atoms in total. The van der Waals surface area contributed by atoms with Gasteiger partial charge in [0.05, 0.1) is 0 Å². The molecule has 2 rings (SSSR count). The zero-order valence-corrected chi connectivity index (χ0v) is 8.17. The monoisotopic (exact) mass is 195 g/mol. The van der Waals surface area contributed by atoms with Gasteiger partial charge in [0, 0.05) is 19.0 Å². The number of rotatable bonds is 1. The lowest BCUT2D eigenvalue weighted by atomic mass is 10.4. The third kappa shape index (κ3) is 1.89. The Morgan fingerprint density at radius 1 is 1.31 bits per heavy atom. The van der Waals surface area contributed by atoms with E-state index in [1.807, 2.05) is 18.2 Å². The molecule has 1 aliphatic rings. The molecule has 0 amide bonds. The van der Waals surface area contributed by atoms with Gasteiger partial charge in [-0.05, 0) is 23.7 Å². The molecule has 13 heavy (non-hydrogen) atoms. The second-order valence-electron chi connectivity index (χ2n) is 3.20. The predicted molar refractivity (Wildman–Crippen MR) is 53.4 cm³/mol. The van der Waals surface area contributed by atoms with Crippen molar-refractivity contribution >= 4 is 16.8 Å². The highest BCUT2D eigenvalue weighted by atomic mass is 35.5. The van der Waals surface area contributed by atoms with Crippen LogP contribution in [0.1, 0.15) is 18.5 Å². The van der Waals surface area contributed by atoms with Crippen LogP contribution in [-0.2, 0) is 0 Å². The van der Waals surface area contributed by atoms with Crippen LogP contribution in [0.4, 0.5) is 0 Å². The van der Waals surface area contributed by atoms with E-state index in [0.717, 1.165) is 24.0 Å². The first-order valence-corrected chi connectivity index (χ1v) is 4.94. The van der Waals surface area contributed by atoms with Crippen molar-refractivity contribution in [2.75, 3.05) is 13.1 Å². The van der Waals surface area contributed by atoms with Gasteiger partial charge in [-0.15, -0.1) is 0 Å². The highest BCUT2D eigenvalue weighted by Crippen LogP contribution is 2.08. The van der Waals surface area contributed by atoms with Crippen LogP contribution >= 0.6 is 11.6 Å².